The number of unbranched alkanes of at least 4 members (excludes halogenated alkanes) is 1. The van der Waals surface area contributed by atoms with Crippen molar-refractivity contribution in [1.29, 1.82) is 0 Å². The normalized spacial score (nSPS) is 12.0. The second-order valence-electron chi connectivity index (χ2n) is 13.8. The van der Waals surface area contributed by atoms with E-state index >= 15 is 0 Å². The molecule has 2 N–H and O–H groups in total. The molecule has 4 rings (SSSR count). The van der Waals surface area contributed by atoms with Crippen LogP contribution in [0.25, 0.3) is 11.1 Å². The molecule has 1 aliphatic carbocycles. The summed E-state index contributed by atoms with van der Waals surface area (Å²) in [6.45, 7) is 11.8. The van der Waals surface area contributed by atoms with Crippen LogP contribution in [0.3, 0.4) is 0 Å². The highest BCUT2D eigenvalue weighted by Crippen LogP contribution is 2.44. The Kier molecular flexibility index (Phi) is 26.4. The second kappa shape index (κ2) is 32.5. The molecule has 3 aromatic rings. The maximum Gasteiger partial charge on any atom is 0.407 e. The highest BCUT2D eigenvalue weighted by molar-refractivity contribution is 5.89. The Balaban J connectivity index is 0.789. The van der Waals surface area contributed by atoms with Gasteiger partial charge in [0, 0.05) is 24.7 Å². The summed E-state index contributed by atoms with van der Waals surface area (Å²) < 4.78 is 60.4. The van der Waals surface area contributed by atoms with Crippen molar-refractivity contribution in [2.45, 2.75) is 25.7 Å². The number of hydrogen-bond donors (Lipinski definition) is 2. The molecule has 0 radical (unpaired) electrons. The Morgan fingerprint density at radius 2 is 0.885 bits per heavy atom. The monoisotopic (exact) mass is 854 g/mol. The van der Waals surface area contributed by atoms with Gasteiger partial charge in [-0.3, -0.25) is 0 Å². The Bertz CT molecular complexity index is 1550. The zero-order valence-electron chi connectivity index (χ0n) is 35.8. The fourth-order valence-corrected chi connectivity index (χ4v) is 6.15. The van der Waals surface area contributed by atoms with Crippen LogP contribution in [-0.2, 0) is 52.1 Å². The van der Waals surface area contributed by atoms with Crippen molar-refractivity contribution in [3.05, 3.63) is 89.5 Å². The molecule has 15 heteroatoms. The van der Waals surface area contributed by atoms with Crippen LogP contribution < -0.4 is 10.6 Å². The minimum atomic E-state index is -0.457. The number of hydrogen-bond acceptors (Lipinski definition) is 14. The Labute approximate surface area is 360 Å². The Hall–Kier alpha value is -4.16. The van der Waals surface area contributed by atoms with Gasteiger partial charge in [0.2, 0.25) is 0 Å². The van der Waals surface area contributed by atoms with E-state index in [2.05, 4.69) is 41.8 Å². The number of anilines is 1. The molecule has 0 aliphatic heterocycles. The molecule has 1 amide bonds. The molecule has 0 aromatic heterocycles. The third-order valence-electron chi connectivity index (χ3n) is 9.28. The number of esters is 1. The molecular formula is C46H66N2O13. The van der Waals surface area contributed by atoms with Crippen LogP contribution in [0.15, 0.2) is 72.8 Å². The van der Waals surface area contributed by atoms with E-state index in [-0.39, 0.29) is 25.1 Å². The van der Waals surface area contributed by atoms with Gasteiger partial charge in [-0.25, -0.2) is 9.59 Å². The van der Waals surface area contributed by atoms with Gasteiger partial charge in [-0.1, -0.05) is 61.9 Å². The summed E-state index contributed by atoms with van der Waals surface area (Å²) in [6, 6.07) is 23.8. The third kappa shape index (κ3) is 21.0. The predicted octanol–water partition coefficient (Wildman–Crippen LogP) is 5.74. The first kappa shape index (κ1) is 49.5. The predicted molar refractivity (Wildman–Crippen MR) is 231 cm³/mol. The molecular weight excluding hydrogens is 789 g/mol. The number of carbonyl (C=O) groups is 2. The maximum absolute atomic E-state index is 12.3. The lowest BCUT2D eigenvalue weighted by Crippen LogP contribution is -2.29. The molecule has 0 unspecified atom stereocenters. The number of benzene rings is 3. The summed E-state index contributed by atoms with van der Waals surface area (Å²) in [5.74, 6) is -0.334. The Morgan fingerprint density at radius 3 is 1.33 bits per heavy atom. The first-order chi connectivity index (χ1) is 30.2. The lowest BCUT2D eigenvalue weighted by molar-refractivity contribution is -0.0258. The van der Waals surface area contributed by atoms with E-state index in [0.29, 0.717) is 131 Å². The van der Waals surface area contributed by atoms with Crippen molar-refractivity contribution in [3.8, 4) is 11.1 Å². The van der Waals surface area contributed by atoms with Crippen molar-refractivity contribution < 1.29 is 61.7 Å². The van der Waals surface area contributed by atoms with Crippen LogP contribution in [0.4, 0.5) is 10.5 Å². The van der Waals surface area contributed by atoms with E-state index < -0.39 is 6.09 Å². The van der Waals surface area contributed by atoms with Crippen molar-refractivity contribution >= 4 is 17.7 Å². The molecule has 0 spiro atoms. The fraction of sp³-hybridized carbons (Fsp3) is 0.565. The molecule has 1 aliphatic rings. The number of amides is 1. The van der Waals surface area contributed by atoms with Crippen molar-refractivity contribution in [1.82, 2.24) is 5.32 Å². The minimum Gasteiger partial charge on any atom is -0.460 e. The molecule has 0 atom stereocenters. The van der Waals surface area contributed by atoms with Crippen LogP contribution in [-0.4, -0.2) is 157 Å². The highest BCUT2D eigenvalue weighted by Gasteiger charge is 2.29. The maximum atomic E-state index is 12.3. The number of rotatable bonds is 37. The quantitative estimate of drug-likeness (QED) is 0.0534. The van der Waals surface area contributed by atoms with Gasteiger partial charge < -0.3 is 62.7 Å². The average Bonchev–Trinajstić information content (AvgIpc) is 3.61. The van der Waals surface area contributed by atoms with Gasteiger partial charge in [0.15, 0.2) is 0 Å². The zero-order chi connectivity index (χ0) is 42.8. The molecule has 0 bridgehead atoms. The summed E-state index contributed by atoms with van der Waals surface area (Å²) >= 11 is 0. The molecule has 0 saturated heterocycles. The van der Waals surface area contributed by atoms with Gasteiger partial charge >= 0.3 is 12.1 Å². The third-order valence-corrected chi connectivity index (χ3v) is 9.28. The first-order valence-corrected chi connectivity index (χ1v) is 21.5. The van der Waals surface area contributed by atoms with Crippen molar-refractivity contribution in [2.75, 3.05) is 151 Å². The summed E-state index contributed by atoms with van der Waals surface area (Å²) in [6.07, 6.45) is 1.78. The van der Waals surface area contributed by atoms with E-state index in [0.717, 1.165) is 25.1 Å². The fourth-order valence-electron chi connectivity index (χ4n) is 6.15. The summed E-state index contributed by atoms with van der Waals surface area (Å²) in [4.78, 5) is 24.4. The first-order valence-electron chi connectivity index (χ1n) is 21.5. The van der Waals surface area contributed by atoms with Gasteiger partial charge in [0.05, 0.1) is 124 Å². The van der Waals surface area contributed by atoms with Gasteiger partial charge in [-0.15, -0.1) is 0 Å². The van der Waals surface area contributed by atoms with Crippen LogP contribution in [0.1, 0.15) is 47.2 Å². The zero-order valence-corrected chi connectivity index (χ0v) is 35.8. The van der Waals surface area contributed by atoms with Gasteiger partial charge in [0.1, 0.15) is 13.2 Å². The van der Waals surface area contributed by atoms with E-state index in [4.69, 9.17) is 52.1 Å². The molecule has 338 valence electrons. The van der Waals surface area contributed by atoms with E-state index in [1.165, 1.54) is 22.3 Å². The SMILES string of the molecule is CCCCNc1ccc(C(=O)OCCOCCOCCOCCOCCOCCOCCOCCOCCOCCNC(=O)OCC2c3ccccc3-c3ccccc32)cc1. The number of alkyl carbamates (subject to hydrolysis) is 1. The van der Waals surface area contributed by atoms with Gasteiger partial charge in [-0.05, 0) is 52.9 Å². The summed E-state index contributed by atoms with van der Waals surface area (Å²) in [7, 11) is 0. The largest absolute Gasteiger partial charge is 0.460 e. The molecule has 0 saturated carbocycles. The standard InChI is InChI=1S/C46H66N2O13/c1-2-3-16-47-39-14-12-38(13-15-39)45(49)60-36-35-59-34-33-58-32-31-57-30-29-56-28-27-55-26-25-54-24-23-53-22-21-52-20-19-51-18-17-48-46(50)61-37-44-42-10-6-4-8-40(42)41-9-5-7-11-43(41)44/h4-15,44,47H,2-3,16-37H2,1H3,(H,48,50). The van der Waals surface area contributed by atoms with Gasteiger partial charge in [0.25, 0.3) is 0 Å². The topological polar surface area (TPSA) is 160 Å². The Morgan fingerprint density at radius 1 is 0.475 bits per heavy atom. The summed E-state index contributed by atoms with van der Waals surface area (Å²) in [5, 5.41) is 6.06. The van der Waals surface area contributed by atoms with E-state index in [1.54, 1.807) is 12.1 Å². The highest BCUT2D eigenvalue weighted by atomic mass is 16.6. The molecule has 0 fully saturated rings. The van der Waals surface area contributed by atoms with E-state index in [9.17, 15) is 9.59 Å². The molecule has 61 heavy (non-hydrogen) atoms. The smallest absolute Gasteiger partial charge is 0.407 e. The number of nitrogens with one attached hydrogen (secondary N) is 2. The molecule has 0 heterocycles. The van der Waals surface area contributed by atoms with Crippen LogP contribution in [0.5, 0.6) is 0 Å². The van der Waals surface area contributed by atoms with E-state index in [1.807, 2.05) is 36.4 Å². The van der Waals surface area contributed by atoms with Gasteiger partial charge in [-0.2, -0.15) is 0 Å². The number of fused-ring (bicyclic) bond motifs is 3. The molecule has 3 aromatic carbocycles. The van der Waals surface area contributed by atoms with Crippen LogP contribution in [0, 0.1) is 0 Å². The second-order valence-corrected chi connectivity index (χ2v) is 13.8. The van der Waals surface area contributed by atoms with Crippen molar-refractivity contribution in [3.63, 3.8) is 0 Å². The number of ether oxygens (including phenoxy) is 11. The summed E-state index contributed by atoms with van der Waals surface area (Å²) in [5.41, 5.74) is 6.26. The number of carbonyl (C=O) groups excluding carboxylic acids is 2. The van der Waals surface area contributed by atoms with Crippen molar-refractivity contribution in [2.24, 2.45) is 0 Å². The van der Waals surface area contributed by atoms with Crippen LogP contribution in [0.2, 0.25) is 0 Å². The lowest BCUT2D eigenvalue weighted by Gasteiger charge is -2.14. The lowest BCUT2D eigenvalue weighted by atomic mass is 9.98. The van der Waals surface area contributed by atoms with Crippen LogP contribution >= 0.6 is 0 Å². The average molecular weight is 855 g/mol. The molecule has 15 nitrogen and oxygen atoms in total. The minimum absolute atomic E-state index is 0.0318.